The fraction of sp³-hybridized carbons (Fsp3) is 0.692. The van der Waals surface area contributed by atoms with Gasteiger partial charge in [-0.05, 0) is 27.7 Å². The van der Waals surface area contributed by atoms with Crippen LogP contribution in [-0.2, 0) is 4.74 Å². The van der Waals surface area contributed by atoms with E-state index in [4.69, 9.17) is 4.74 Å². The molecule has 0 radical (unpaired) electrons. The molecular formula is C13H22N4O2. The Hall–Kier alpha value is -1.72. The van der Waals surface area contributed by atoms with Crippen molar-refractivity contribution in [1.82, 2.24) is 15.1 Å². The maximum atomic E-state index is 11.9. The number of amides is 1. The van der Waals surface area contributed by atoms with Crippen LogP contribution in [0, 0.1) is 6.92 Å². The molecule has 1 aliphatic heterocycles. The molecule has 0 atom stereocenters. The lowest BCUT2D eigenvalue weighted by molar-refractivity contribution is 0.0240. The molecule has 0 saturated carbocycles. The summed E-state index contributed by atoms with van der Waals surface area (Å²) in [6, 6.07) is 0. The van der Waals surface area contributed by atoms with Crippen molar-refractivity contribution in [3.05, 3.63) is 11.9 Å². The Morgan fingerprint density at radius 3 is 2.42 bits per heavy atom. The van der Waals surface area contributed by atoms with Crippen molar-refractivity contribution in [3.63, 3.8) is 0 Å². The van der Waals surface area contributed by atoms with Gasteiger partial charge in [0.15, 0.2) is 0 Å². The summed E-state index contributed by atoms with van der Waals surface area (Å²) in [5.41, 5.74) is 1.67. The summed E-state index contributed by atoms with van der Waals surface area (Å²) in [5.74, 6) is 0. The molecule has 1 aromatic rings. The van der Waals surface area contributed by atoms with Crippen LogP contribution >= 0.6 is 0 Å². The zero-order valence-electron chi connectivity index (χ0n) is 12.1. The second kappa shape index (κ2) is 5.11. The van der Waals surface area contributed by atoms with E-state index in [-0.39, 0.29) is 6.09 Å². The average Bonchev–Trinajstić information content (AvgIpc) is 2.73. The van der Waals surface area contributed by atoms with Crippen molar-refractivity contribution in [2.45, 2.75) is 33.3 Å². The van der Waals surface area contributed by atoms with Crippen molar-refractivity contribution in [1.29, 1.82) is 0 Å². The van der Waals surface area contributed by atoms with Gasteiger partial charge in [0, 0.05) is 32.4 Å². The van der Waals surface area contributed by atoms with E-state index in [2.05, 4.69) is 15.1 Å². The lowest BCUT2D eigenvalue weighted by atomic mass is 10.2. The van der Waals surface area contributed by atoms with Gasteiger partial charge in [0.05, 0.1) is 11.4 Å². The first-order chi connectivity index (χ1) is 8.87. The number of aryl methyl sites for hydroxylation is 1. The second-order valence-electron chi connectivity index (χ2n) is 5.81. The number of aromatic amines is 1. The SMILES string of the molecule is Cc1n[nH]cc1N1CCN(C(=O)OC(C)(C)C)CC1. The van der Waals surface area contributed by atoms with Crippen LogP contribution in [-0.4, -0.2) is 53.0 Å². The fourth-order valence-electron chi connectivity index (χ4n) is 2.13. The number of anilines is 1. The van der Waals surface area contributed by atoms with Gasteiger partial charge in [0.25, 0.3) is 0 Å². The largest absolute Gasteiger partial charge is 0.444 e. The Labute approximate surface area is 113 Å². The molecule has 0 bridgehead atoms. The number of aromatic nitrogens is 2. The molecule has 0 aromatic carbocycles. The summed E-state index contributed by atoms with van der Waals surface area (Å²) in [4.78, 5) is 15.9. The fourth-order valence-corrected chi connectivity index (χ4v) is 2.13. The third-order valence-electron chi connectivity index (χ3n) is 3.08. The third kappa shape index (κ3) is 3.39. The van der Waals surface area contributed by atoms with Gasteiger partial charge in [-0.15, -0.1) is 0 Å². The number of nitrogens with zero attached hydrogens (tertiary/aromatic N) is 3. The highest BCUT2D eigenvalue weighted by atomic mass is 16.6. The molecule has 1 saturated heterocycles. The minimum atomic E-state index is -0.435. The molecule has 0 spiro atoms. The van der Waals surface area contributed by atoms with E-state index in [1.165, 1.54) is 0 Å². The lowest BCUT2D eigenvalue weighted by Gasteiger charge is -2.36. The lowest BCUT2D eigenvalue weighted by Crippen LogP contribution is -2.50. The Bertz CT molecular complexity index is 442. The molecule has 1 N–H and O–H groups in total. The van der Waals surface area contributed by atoms with Crippen LogP contribution in [0.2, 0.25) is 0 Å². The zero-order chi connectivity index (χ0) is 14.0. The number of carbonyl (C=O) groups excluding carboxylic acids is 1. The third-order valence-corrected chi connectivity index (χ3v) is 3.08. The molecule has 1 fully saturated rings. The first kappa shape index (κ1) is 13.7. The number of piperazine rings is 1. The highest BCUT2D eigenvalue weighted by Crippen LogP contribution is 2.19. The van der Waals surface area contributed by atoms with Crippen molar-refractivity contribution in [2.75, 3.05) is 31.1 Å². The first-order valence-corrected chi connectivity index (χ1v) is 6.60. The minimum absolute atomic E-state index is 0.226. The molecule has 1 aromatic heterocycles. The molecule has 0 aliphatic carbocycles. The topological polar surface area (TPSA) is 61.5 Å². The van der Waals surface area contributed by atoms with E-state index in [0.29, 0.717) is 13.1 Å². The molecule has 0 unspecified atom stereocenters. The van der Waals surface area contributed by atoms with E-state index in [1.807, 2.05) is 33.9 Å². The molecular weight excluding hydrogens is 244 g/mol. The van der Waals surface area contributed by atoms with Gasteiger partial charge in [0.2, 0.25) is 0 Å². The number of carbonyl (C=O) groups is 1. The number of ether oxygens (including phenoxy) is 1. The molecule has 2 rings (SSSR count). The van der Waals surface area contributed by atoms with Crippen LogP contribution in [0.3, 0.4) is 0 Å². The number of rotatable bonds is 1. The Balaban J connectivity index is 1.89. The summed E-state index contributed by atoms with van der Waals surface area (Å²) >= 11 is 0. The van der Waals surface area contributed by atoms with E-state index >= 15 is 0 Å². The minimum Gasteiger partial charge on any atom is -0.444 e. The predicted molar refractivity (Wildman–Crippen MR) is 73.3 cm³/mol. The van der Waals surface area contributed by atoms with Gasteiger partial charge in [-0.1, -0.05) is 0 Å². The van der Waals surface area contributed by atoms with Gasteiger partial charge in [-0.25, -0.2) is 4.79 Å². The van der Waals surface area contributed by atoms with Crippen molar-refractivity contribution < 1.29 is 9.53 Å². The van der Waals surface area contributed by atoms with Gasteiger partial charge in [-0.3, -0.25) is 5.10 Å². The van der Waals surface area contributed by atoms with Crippen LogP contribution < -0.4 is 4.90 Å². The number of hydrogen-bond acceptors (Lipinski definition) is 4. The average molecular weight is 266 g/mol. The number of H-pyrrole nitrogens is 1. The normalized spacial score (nSPS) is 16.6. The predicted octanol–water partition coefficient (Wildman–Crippen LogP) is 1.78. The molecule has 6 heteroatoms. The van der Waals surface area contributed by atoms with Gasteiger partial charge >= 0.3 is 6.09 Å². The molecule has 106 valence electrons. The summed E-state index contributed by atoms with van der Waals surface area (Å²) in [6.07, 6.45) is 1.68. The van der Waals surface area contributed by atoms with Crippen LogP contribution in [0.4, 0.5) is 10.5 Å². The van der Waals surface area contributed by atoms with Crippen molar-refractivity contribution in [2.24, 2.45) is 0 Å². The van der Waals surface area contributed by atoms with Crippen LogP contribution in [0.25, 0.3) is 0 Å². The van der Waals surface area contributed by atoms with Gasteiger partial charge in [-0.2, -0.15) is 5.10 Å². The maximum Gasteiger partial charge on any atom is 0.410 e. The van der Waals surface area contributed by atoms with E-state index < -0.39 is 5.60 Å². The second-order valence-corrected chi connectivity index (χ2v) is 5.81. The highest BCUT2D eigenvalue weighted by molar-refractivity contribution is 5.68. The maximum absolute atomic E-state index is 11.9. The van der Waals surface area contributed by atoms with Crippen LogP contribution in [0.5, 0.6) is 0 Å². The molecule has 19 heavy (non-hydrogen) atoms. The Morgan fingerprint density at radius 1 is 1.32 bits per heavy atom. The quantitative estimate of drug-likeness (QED) is 0.841. The molecule has 1 aliphatic rings. The van der Waals surface area contributed by atoms with E-state index in [9.17, 15) is 4.79 Å². The molecule has 1 amide bonds. The Kier molecular flexibility index (Phi) is 3.68. The smallest absolute Gasteiger partial charge is 0.410 e. The first-order valence-electron chi connectivity index (χ1n) is 6.60. The van der Waals surface area contributed by atoms with E-state index in [0.717, 1.165) is 24.5 Å². The Morgan fingerprint density at radius 2 is 1.95 bits per heavy atom. The summed E-state index contributed by atoms with van der Waals surface area (Å²) in [6.45, 7) is 10.6. The monoisotopic (exact) mass is 266 g/mol. The van der Waals surface area contributed by atoms with Crippen molar-refractivity contribution in [3.8, 4) is 0 Å². The summed E-state index contributed by atoms with van der Waals surface area (Å²) in [5, 5.41) is 6.99. The van der Waals surface area contributed by atoms with Crippen molar-refractivity contribution >= 4 is 11.8 Å². The molecule has 6 nitrogen and oxygen atoms in total. The summed E-state index contributed by atoms with van der Waals surface area (Å²) in [7, 11) is 0. The standard InChI is InChI=1S/C13H22N4O2/c1-10-11(9-14-15-10)16-5-7-17(8-6-16)12(18)19-13(2,3)4/h9H,5-8H2,1-4H3,(H,14,15). The number of hydrogen-bond donors (Lipinski definition) is 1. The van der Waals surface area contributed by atoms with E-state index in [1.54, 1.807) is 4.90 Å². The molecule has 2 heterocycles. The number of nitrogens with one attached hydrogen (secondary N) is 1. The van der Waals surface area contributed by atoms with Gasteiger partial charge < -0.3 is 14.5 Å². The highest BCUT2D eigenvalue weighted by Gasteiger charge is 2.26. The van der Waals surface area contributed by atoms with Crippen LogP contribution in [0.1, 0.15) is 26.5 Å². The van der Waals surface area contributed by atoms with Gasteiger partial charge in [0.1, 0.15) is 5.60 Å². The van der Waals surface area contributed by atoms with Crippen LogP contribution in [0.15, 0.2) is 6.20 Å². The zero-order valence-corrected chi connectivity index (χ0v) is 12.1. The summed E-state index contributed by atoms with van der Waals surface area (Å²) < 4.78 is 5.38.